The number of nitrogens with zero attached hydrogens (tertiary/aromatic N) is 3. The zero-order valence-electron chi connectivity index (χ0n) is 12.1. The number of H-pyrrole nitrogens is 1. The summed E-state index contributed by atoms with van der Waals surface area (Å²) in [5.74, 6) is 0.143. The Labute approximate surface area is 133 Å². The number of nitrogens with one attached hydrogen (secondary N) is 2. The predicted molar refractivity (Wildman–Crippen MR) is 77.8 cm³/mol. The fourth-order valence-electron chi connectivity index (χ4n) is 1.78. The summed E-state index contributed by atoms with van der Waals surface area (Å²) >= 11 is 0. The monoisotopic (exact) mass is 335 g/mol. The molecule has 0 aliphatic carbocycles. The SMILES string of the molecule is O=C(Nc1n[nH]c(-c2ccco2)n1)c1cccc(OCC(F)F)n1. The summed E-state index contributed by atoms with van der Waals surface area (Å²) < 4.78 is 34.2. The first kappa shape index (κ1) is 15.6. The number of hydrogen-bond acceptors (Lipinski definition) is 6. The number of halogens is 2. The molecule has 3 heterocycles. The van der Waals surface area contributed by atoms with E-state index < -0.39 is 18.9 Å². The van der Waals surface area contributed by atoms with E-state index in [9.17, 15) is 13.6 Å². The molecule has 8 nitrogen and oxygen atoms in total. The molecule has 124 valence electrons. The summed E-state index contributed by atoms with van der Waals surface area (Å²) in [6.45, 7) is -0.800. The fraction of sp³-hybridized carbons (Fsp3) is 0.143. The van der Waals surface area contributed by atoms with Crippen LogP contribution in [0.25, 0.3) is 11.6 Å². The van der Waals surface area contributed by atoms with E-state index >= 15 is 0 Å². The Morgan fingerprint density at radius 3 is 2.92 bits per heavy atom. The number of anilines is 1. The standard InChI is InChI=1S/C14H11F2N5O3/c15-10(16)7-24-11-5-1-3-8(17-11)13(22)19-14-18-12(20-21-14)9-4-2-6-23-9/h1-6,10H,7H2,(H2,18,19,20,21,22). The summed E-state index contributed by atoms with van der Waals surface area (Å²) in [7, 11) is 0. The number of pyridine rings is 1. The molecule has 3 aromatic rings. The van der Waals surface area contributed by atoms with Gasteiger partial charge in [0.15, 0.2) is 18.2 Å². The second-order valence-electron chi connectivity index (χ2n) is 4.50. The van der Waals surface area contributed by atoms with Crippen LogP contribution in [0.3, 0.4) is 0 Å². The van der Waals surface area contributed by atoms with Crippen LogP contribution in [0.1, 0.15) is 10.5 Å². The molecule has 0 saturated carbocycles. The van der Waals surface area contributed by atoms with Gasteiger partial charge in [-0.15, -0.1) is 5.10 Å². The Bertz CT molecular complexity index is 819. The average molecular weight is 335 g/mol. The second kappa shape index (κ2) is 6.86. The smallest absolute Gasteiger partial charge is 0.276 e. The number of aromatic nitrogens is 4. The lowest BCUT2D eigenvalue weighted by Crippen LogP contribution is -2.15. The maximum absolute atomic E-state index is 12.1. The highest BCUT2D eigenvalue weighted by atomic mass is 19.3. The maximum Gasteiger partial charge on any atom is 0.276 e. The van der Waals surface area contributed by atoms with E-state index in [2.05, 4.69) is 25.5 Å². The summed E-state index contributed by atoms with van der Waals surface area (Å²) in [4.78, 5) is 20.0. The normalized spacial score (nSPS) is 10.8. The molecule has 0 bridgehead atoms. The van der Waals surface area contributed by atoms with Crippen molar-refractivity contribution in [2.75, 3.05) is 11.9 Å². The van der Waals surface area contributed by atoms with Crippen LogP contribution in [-0.2, 0) is 0 Å². The molecule has 1 amide bonds. The number of carbonyl (C=O) groups is 1. The molecule has 0 radical (unpaired) electrons. The van der Waals surface area contributed by atoms with Crippen molar-refractivity contribution >= 4 is 11.9 Å². The Kier molecular flexibility index (Phi) is 4.45. The van der Waals surface area contributed by atoms with E-state index in [0.29, 0.717) is 11.6 Å². The zero-order valence-corrected chi connectivity index (χ0v) is 12.1. The molecule has 3 aromatic heterocycles. The van der Waals surface area contributed by atoms with Crippen LogP contribution in [0.2, 0.25) is 0 Å². The van der Waals surface area contributed by atoms with Gasteiger partial charge >= 0.3 is 0 Å². The van der Waals surface area contributed by atoms with Gasteiger partial charge in [-0.2, -0.15) is 4.98 Å². The first-order valence-electron chi connectivity index (χ1n) is 6.77. The van der Waals surface area contributed by atoms with Gasteiger partial charge in [-0.05, 0) is 18.2 Å². The Morgan fingerprint density at radius 1 is 1.29 bits per heavy atom. The molecular weight excluding hydrogens is 324 g/mol. The van der Waals surface area contributed by atoms with E-state index in [4.69, 9.17) is 9.15 Å². The molecule has 0 atom stereocenters. The van der Waals surface area contributed by atoms with E-state index in [1.54, 1.807) is 12.1 Å². The first-order chi connectivity index (χ1) is 11.6. The van der Waals surface area contributed by atoms with E-state index in [0.717, 1.165) is 0 Å². The predicted octanol–water partition coefficient (Wildman–Crippen LogP) is 2.36. The summed E-state index contributed by atoms with van der Waals surface area (Å²) in [5.41, 5.74) is -0.0221. The number of furan rings is 1. The molecular formula is C14H11F2N5O3. The van der Waals surface area contributed by atoms with Crippen LogP contribution in [0.4, 0.5) is 14.7 Å². The summed E-state index contributed by atoms with van der Waals surface area (Å²) in [6, 6.07) is 7.61. The van der Waals surface area contributed by atoms with Crippen LogP contribution < -0.4 is 10.1 Å². The van der Waals surface area contributed by atoms with E-state index in [1.165, 1.54) is 24.5 Å². The Hall–Kier alpha value is -3.30. The van der Waals surface area contributed by atoms with Crippen molar-refractivity contribution in [1.29, 1.82) is 0 Å². The van der Waals surface area contributed by atoms with Gasteiger partial charge in [0.1, 0.15) is 5.69 Å². The fourth-order valence-corrected chi connectivity index (χ4v) is 1.78. The molecule has 2 N–H and O–H groups in total. The number of rotatable bonds is 6. The third-order valence-corrected chi connectivity index (χ3v) is 2.78. The molecule has 3 rings (SSSR count). The van der Waals surface area contributed by atoms with Gasteiger partial charge in [0, 0.05) is 6.07 Å². The highest BCUT2D eigenvalue weighted by Crippen LogP contribution is 2.16. The quantitative estimate of drug-likeness (QED) is 0.716. The molecule has 0 spiro atoms. The molecule has 0 aliphatic heterocycles. The minimum absolute atomic E-state index is 0.0205. The summed E-state index contributed by atoms with van der Waals surface area (Å²) in [5, 5.41) is 8.88. The van der Waals surface area contributed by atoms with Crippen molar-refractivity contribution in [2.45, 2.75) is 6.43 Å². The van der Waals surface area contributed by atoms with Gasteiger partial charge in [-0.1, -0.05) is 6.07 Å². The third kappa shape index (κ3) is 3.72. The van der Waals surface area contributed by atoms with Crippen LogP contribution in [0, 0.1) is 0 Å². The van der Waals surface area contributed by atoms with Gasteiger partial charge < -0.3 is 9.15 Å². The Morgan fingerprint density at radius 2 is 2.17 bits per heavy atom. The van der Waals surface area contributed by atoms with Crippen molar-refractivity contribution in [3.63, 3.8) is 0 Å². The number of carbonyl (C=O) groups excluding carboxylic acids is 1. The highest BCUT2D eigenvalue weighted by Gasteiger charge is 2.14. The molecule has 0 saturated heterocycles. The molecule has 0 fully saturated rings. The Balaban J connectivity index is 1.68. The lowest BCUT2D eigenvalue weighted by Gasteiger charge is -2.05. The lowest BCUT2D eigenvalue weighted by molar-refractivity contribution is 0.0794. The number of ether oxygens (including phenoxy) is 1. The van der Waals surface area contributed by atoms with Crippen molar-refractivity contribution in [3.05, 3.63) is 42.3 Å². The van der Waals surface area contributed by atoms with Gasteiger partial charge in [0.2, 0.25) is 11.8 Å². The van der Waals surface area contributed by atoms with E-state index in [-0.39, 0.29) is 17.5 Å². The lowest BCUT2D eigenvalue weighted by atomic mass is 10.3. The molecule has 0 aliphatic rings. The van der Waals surface area contributed by atoms with Gasteiger partial charge in [0.25, 0.3) is 12.3 Å². The van der Waals surface area contributed by atoms with Crippen molar-refractivity contribution in [2.24, 2.45) is 0 Å². The van der Waals surface area contributed by atoms with Gasteiger partial charge in [-0.3, -0.25) is 15.2 Å². The van der Waals surface area contributed by atoms with Crippen LogP contribution in [0.5, 0.6) is 5.88 Å². The zero-order chi connectivity index (χ0) is 16.9. The van der Waals surface area contributed by atoms with Crippen molar-refractivity contribution in [1.82, 2.24) is 20.2 Å². The van der Waals surface area contributed by atoms with Gasteiger partial charge in [0.05, 0.1) is 6.26 Å². The molecule has 0 unspecified atom stereocenters. The number of hydrogen-bond donors (Lipinski definition) is 2. The van der Waals surface area contributed by atoms with Crippen molar-refractivity contribution < 1.29 is 22.7 Å². The number of aromatic amines is 1. The van der Waals surface area contributed by atoms with Gasteiger partial charge in [-0.25, -0.2) is 13.8 Å². The first-order valence-corrected chi connectivity index (χ1v) is 6.77. The maximum atomic E-state index is 12.1. The third-order valence-electron chi connectivity index (χ3n) is 2.78. The van der Waals surface area contributed by atoms with Crippen LogP contribution >= 0.6 is 0 Å². The molecule has 10 heteroatoms. The average Bonchev–Trinajstić information content (AvgIpc) is 3.24. The van der Waals surface area contributed by atoms with Crippen molar-refractivity contribution in [3.8, 4) is 17.5 Å². The minimum Gasteiger partial charge on any atom is -0.472 e. The number of amides is 1. The topological polar surface area (TPSA) is 106 Å². The molecule has 24 heavy (non-hydrogen) atoms. The second-order valence-corrected chi connectivity index (χ2v) is 4.50. The number of alkyl halides is 2. The largest absolute Gasteiger partial charge is 0.472 e. The van der Waals surface area contributed by atoms with Crippen LogP contribution in [0.15, 0.2) is 41.0 Å². The van der Waals surface area contributed by atoms with E-state index in [1.807, 2.05) is 0 Å². The molecule has 0 aromatic carbocycles. The highest BCUT2D eigenvalue weighted by molar-refractivity contribution is 6.01. The van der Waals surface area contributed by atoms with Crippen LogP contribution in [-0.4, -0.2) is 39.1 Å². The minimum atomic E-state index is -2.63. The summed E-state index contributed by atoms with van der Waals surface area (Å²) in [6.07, 6.45) is -1.15.